The minimum atomic E-state index is -0.851. The van der Waals surface area contributed by atoms with Crippen molar-refractivity contribution in [3.05, 3.63) is 0 Å². The number of likely N-dealkylation sites (tertiary alicyclic amines) is 1. The molecule has 0 aromatic carbocycles. The largest absolute Gasteiger partial charge is 0.481 e. The molecule has 0 radical (unpaired) electrons. The average Bonchev–Trinajstić information content (AvgIpc) is 2.62. The first-order valence-electron chi connectivity index (χ1n) is 5.88. The van der Waals surface area contributed by atoms with Crippen molar-refractivity contribution in [1.82, 2.24) is 9.80 Å². The summed E-state index contributed by atoms with van der Waals surface area (Å²) in [4.78, 5) is 26.4. The van der Waals surface area contributed by atoms with E-state index in [0.717, 1.165) is 19.5 Å². The van der Waals surface area contributed by atoms with Crippen LogP contribution >= 0.6 is 0 Å². The molecule has 2 atom stereocenters. The zero-order valence-electron chi connectivity index (χ0n) is 9.96. The molecule has 2 aliphatic rings. The van der Waals surface area contributed by atoms with E-state index < -0.39 is 11.9 Å². The summed E-state index contributed by atoms with van der Waals surface area (Å²) in [6, 6.07) is -0.197. The maximum Gasteiger partial charge on any atom is 0.310 e. The van der Waals surface area contributed by atoms with Crippen molar-refractivity contribution in [1.29, 1.82) is 0 Å². The molecule has 0 bridgehead atoms. The van der Waals surface area contributed by atoms with E-state index in [-0.39, 0.29) is 25.1 Å². The van der Waals surface area contributed by atoms with Crippen molar-refractivity contribution in [2.24, 2.45) is 5.92 Å². The second-order valence-electron chi connectivity index (χ2n) is 4.70. The van der Waals surface area contributed by atoms with Gasteiger partial charge < -0.3 is 14.7 Å². The summed E-state index contributed by atoms with van der Waals surface area (Å²) in [6.07, 6.45) is 1.07. The molecule has 0 saturated carbocycles. The number of hydrogen-bond acceptors (Lipinski definition) is 4. The SMILES string of the molecule is CN(CC(=O)N1CCC1)C1COCC1C(=O)O. The molecule has 17 heavy (non-hydrogen) atoms. The Balaban J connectivity index is 1.87. The Kier molecular flexibility index (Phi) is 3.63. The number of carbonyl (C=O) groups excluding carboxylic acids is 1. The Hall–Kier alpha value is -1.14. The van der Waals surface area contributed by atoms with Gasteiger partial charge in [-0.2, -0.15) is 0 Å². The molecule has 6 heteroatoms. The van der Waals surface area contributed by atoms with Crippen LogP contribution in [0.2, 0.25) is 0 Å². The molecule has 2 rings (SSSR count). The van der Waals surface area contributed by atoms with E-state index in [9.17, 15) is 9.59 Å². The summed E-state index contributed by atoms with van der Waals surface area (Å²) in [6.45, 7) is 2.56. The van der Waals surface area contributed by atoms with Gasteiger partial charge in [0, 0.05) is 19.1 Å². The van der Waals surface area contributed by atoms with Gasteiger partial charge in [0.2, 0.25) is 5.91 Å². The fourth-order valence-corrected chi connectivity index (χ4v) is 2.21. The summed E-state index contributed by atoms with van der Waals surface area (Å²) < 4.78 is 5.19. The number of ether oxygens (including phenoxy) is 1. The lowest BCUT2D eigenvalue weighted by Crippen LogP contribution is -2.50. The van der Waals surface area contributed by atoms with Crippen LogP contribution in [0.25, 0.3) is 0 Å². The van der Waals surface area contributed by atoms with Gasteiger partial charge in [-0.25, -0.2) is 0 Å². The Morgan fingerprint density at radius 1 is 1.41 bits per heavy atom. The molecule has 0 aliphatic carbocycles. The van der Waals surface area contributed by atoms with Gasteiger partial charge >= 0.3 is 5.97 Å². The number of hydrogen-bond donors (Lipinski definition) is 1. The minimum absolute atomic E-state index is 0.0785. The van der Waals surface area contributed by atoms with Crippen LogP contribution in [0.1, 0.15) is 6.42 Å². The average molecular weight is 242 g/mol. The topological polar surface area (TPSA) is 70.1 Å². The normalized spacial score (nSPS) is 28.2. The first-order chi connectivity index (χ1) is 8.09. The van der Waals surface area contributed by atoms with Gasteiger partial charge in [0.05, 0.1) is 25.7 Å². The number of rotatable bonds is 4. The maximum absolute atomic E-state index is 11.8. The Bertz CT molecular complexity index is 317. The van der Waals surface area contributed by atoms with Crippen molar-refractivity contribution in [3.8, 4) is 0 Å². The minimum Gasteiger partial charge on any atom is -0.481 e. The number of aliphatic carboxylic acids is 1. The van der Waals surface area contributed by atoms with Gasteiger partial charge in [-0.05, 0) is 13.5 Å². The summed E-state index contributed by atoms with van der Waals surface area (Å²) in [7, 11) is 1.78. The Morgan fingerprint density at radius 2 is 2.12 bits per heavy atom. The fourth-order valence-electron chi connectivity index (χ4n) is 2.21. The predicted octanol–water partition coefficient (Wildman–Crippen LogP) is -0.750. The van der Waals surface area contributed by atoms with E-state index in [0.29, 0.717) is 6.61 Å². The Labute approximate surface area is 100 Å². The summed E-state index contributed by atoms with van der Waals surface area (Å²) in [5, 5.41) is 9.03. The molecule has 2 unspecified atom stereocenters. The lowest BCUT2D eigenvalue weighted by Gasteiger charge is -2.34. The van der Waals surface area contributed by atoms with E-state index >= 15 is 0 Å². The molecular formula is C11H18N2O4. The number of carboxylic acid groups (broad SMARTS) is 1. The highest BCUT2D eigenvalue weighted by Gasteiger charge is 2.37. The molecule has 2 fully saturated rings. The van der Waals surface area contributed by atoms with Crippen LogP contribution in [-0.4, -0.2) is 72.7 Å². The molecular weight excluding hydrogens is 224 g/mol. The third-order valence-corrected chi connectivity index (χ3v) is 3.53. The van der Waals surface area contributed by atoms with E-state index in [1.165, 1.54) is 0 Å². The zero-order chi connectivity index (χ0) is 12.4. The third-order valence-electron chi connectivity index (χ3n) is 3.53. The zero-order valence-corrected chi connectivity index (χ0v) is 9.96. The molecule has 0 aromatic heterocycles. The smallest absolute Gasteiger partial charge is 0.310 e. The van der Waals surface area contributed by atoms with Crippen molar-refractivity contribution in [3.63, 3.8) is 0 Å². The summed E-state index contributed by atoms with van der Waals surface area (Å²) >= 11 is 0. The Morgan fingerprint density at radius 3 is 2.65 bits per heavy atom. The standard InChI is InChI=1S/C11H18N2O4/c1-12(5-10(14)13-3-2-4-13)9-7-17-6-8(9)11(15)16/h8-9H,2-7H2,1H3,(H,15,16). The van der Waals surface area contributed by atoms with Gasteiger partial charge in [0.25, 0.3) is 0 Å². The highest BCUT2D eigenvalue weighted by molar-refractivity contribution is 5.79. The highest BCUT2D eigenvalue weighted by Crippen LogP contribution is 2.19. The van der Waals surface area contributed by atoms with Crippen molar-refractivity contribution < 1.29 is 19.4 Å². The maximum atomic E-state index is 11.8. The van der Waals surface area contributed by atoms with Crippen LogP contribution in [0.4, 0.5) is 0 Å². The lowest BCUT2D eigenvalue weighted by molar-refractivity contribution is -0.144. The monoisotopic (exact) mass is 242 g/mol. The molecule has 1 amide bonds. The second kappa shape index (κ2) is 5.01. The molecule has 2 heterocycles. The van der Waals surface area contributed by atoms with Gasteiger partial charge in [-0.15, -0.1) is 0 Å². The lowest BCUT2D eigenvalue weighted by atomic mass is 10.0. The highest BCUT2D eigenvalue weighted by atomic mass is 16.5. The van der Waals surface area contributed by atoms with Crippen LogP contribution in [0, 0.1) is 5.92 Å². The number of likely N-dealkylation sites (N-methyl/N-ethyl adjacent to an activating group) is 1. The number of amides is 1. The van der Waals surface area contributed by atoms with Crippen LogP contribution in [0.3, 0.4) is 0 Å². The molecule has 1 N–H and O–H groups in total. The summed E-state index contributed by atoms with van der Waals surface area (Å²) in [5.74, 6) is -1.30. The van der Waals surface area contributed by atoms with Crippen molar-refractivity contribution >= 4 is 11.9 Å². The van der Waals surface area contributed by atoms with Gasteiger partial charge in [0.15, 0.2) is 0 Å². The van der Waals surface area contributed by atoms with Crippen LogP contribution in [0.15, 0.2) is 0 Å². The first kappa shape index (κ1) is 12.3. The third kappa shape index (κ3) is 2.58. The van der Waals surface area contributed by atoms with E-state index in [1.54, 1.807) is 16.8 Å². The van der Waals surface area contributed by atoms with Crippen LogP contribution in [-0.2, 0) is 14.3 Å². The first-order valence-corrected chi connectivity index (χ1v) is 5.88. The molecule has 2 saturated heterocycles. The molecule has 2 aliphatic heterocycles. The van der Waals surface area contributed by atoms with Crippen molar-refractivity contribution in [2.75, 3.05) is 39.9 Å². The van der Waals surface area contributed by atoms with Crippen molar-refractivity contribution in [2.45, 2.75) is 12.5 Å². The number of carboxylic acids is 1. The fraction of sp³-hybridized carbons (Fsp3) is 0.818. The van der Waals surface area contributed by atoms with E-state index in [1.807, 2.05) is 0 Å². The van der Waals surface area contributed by atoms with Crippen LogP contribution in [0.5, 0.6) is 0 Å². The molecule has 96 valence electrons. The van der Waals surface area contributed by atoms with E-state index in [4.69, 9.17) is 9.84 Å². The van der Waals surface area contributed by atoms with Gasteiger partial charge in [-0.1, -0.05) is 0 Å². The predicted molar refractivity (Wildman–Crippen MR) is 59.6 cm³/mol. The number of nitrogens with zero attached hydrogens (tertiary/aromatic N) is 2. The van der Waals surface area contributed by atoms with Crippen LogP contribution < -0.4 is 0 Å². The number of carbonyl (C=O) groups is 2. The van der Waals surface area contributed by atoms with Gasteiger partial charge in [0.1, 0.15) is 0 Å². The molecule has 0 aromatic rings. The quantitative estimate of drug-likeness (QED) is 0.702. The van der Waals surface area contributed by atoms with E-state index in [2.05, 4.69) is 0 Å². The second-order valence-corrected chi connectivity index (χ2v) is 4.70. The summed E-state index contributed by atoms with van der Waals surface area (Å²) in [5.41, 5.74) is 0. The van der Waals surface area contributed by atoms with Gasteiger partial charge in [-0.3, -0.25) is 14.5 Å². The molecule has 0 spiro atoms. The molecule has 6 nitrogen and oxygen atoms in total.